The molecule has 0 spiro atoms. The predicted octanol–water partition coefficient (Wildman–Crippen LogP) is 1.95. The molecule has 0 radical (unpaired) electrons. The normalized spacial score (nSPS) is 7.70. The molecular weight excluding hydrogens is 122 g/mol. The summed E-state index contributed by atoms with van der Waals surface area (Å²) in [6.07, 6.45) is 0. The lowest BCUT2D eigenvalue weighted by Gasteiger charge is -1.90. The molecule has 0 saturated heterocycles. The van der Waals surface area contributed by atoms with E-state index in [0.717, 1.165) is 0 Å². The maximum atomic E-state index is 5.35. The predicted molar refractivity (Wildman–Crippen MR) is 45.6 cm³/mol. The largest absolute Gasteiger partial charge is 0.326 e. The van der Waals surface area contributed by atoms with Crippen LogP contribution in [0.5, 0.6) is 0 Å². The molecule has 1 aromatic carbocycles. The summed E-state index contributed by atoms with van der Waals surface area (Å²) in [6.45, 7) is 6.64. The van der Waals surface area contributed by atoms with E-state index in [0.29, 0.717) is 6.54 Å². The third-order valence-electron chi connectivity index (χ3n) is 1.08. The summed E-state index contributed by atoms with van der Waals surface area (Å²) >= 11 is 0. The van der Waals surface area contributed by atoms with Crippen molar-refractivity contribution in [2.24, 2.45) is 5.73 Å². The van der Waals surface area contributed by atoms with Crippen LogP contribution < -0.4 is 5.73 Å². The van der Waals surface area contributed by atoms with Crippen LogP contribution in [0.3, 0.4) is 0 Å². The fraction of sp³-hybridized carbons (Fsp3) is 0.111. The molecule has 54 valence electrons. The average molecular weight is 135 g/mol. The fourth-order valence-electron chi connectivity index (χ4n) is 0.614. The molecular formula is C9H13N. The molecule has 1 rings (SSSR count). The van der Waals surface area contributed by atoms with Crippen LogP contribution in [0.4, 0.5) is 0 Å². The van der Waals surface area contributed by atoms with Gasteiger partial charge in [-0.3, -0.25) is 0 Å². The minimum Gasteiger partial charge on any atom is -0.326 e. The van der Waals surface area contributed by atoms with Gasteiger partial charge in [-0.05, 0) is 5.56 Å². The van der Waals surface area contributed by atoms with Crippen molar-refractivity contribution in [2.45, 2.75) is 6.54 Å². The van der Waals surface area contributed by atoms with Gasteiger partial charge in [-0.15, -0.1) is 13.2 Å². The molecule has 0 unspecified atom stereocenters. The molecule has 0 amide bonds. The molecule has 0 aromatic heterocycles. The smallest absolute Gasteiger partial charge is 0.0178 e. The highest BCUT2D eigenvalue weighted by atomic mass is 14.5. The number of nitrogens with two attached hydrogens (primary N) is 1. The molecule has 0 atom stereocenters. The highest BCUT2D eigenvalue weighted by Crippen LogP contribution is 1.94. The van der Waals surface area contributed by atoms with Crippen molar-refractivity contribution in [1.82, 2.24) is 0 Å². The lowest BCUT2D eigenvalue weighted by atomic mass is 10.2. The van der Waals surface area contributed by atoms with E-state index in [1.807, 2.05) is 30.3 Å². The molecule has 0 aliphatic rings. The van der Waals surface area contributed by atoms with Gasteiger partial charge in [0.15, 0.2) is 0 Å². The van der Waals surface area contributed by atoms with E-state index in [9.17, 15) is 0 Å². The number of hydrogen-bond acceptors (Lipinski definition) is 1. The quantitative estimate of drug-likeness (QED) is 0.585. The summed E-state index contributed by atoms with van der Waals surface area (Å²) in [6, 6.07) is 9.99. The van der Waals surface area contributed by atoms with Crippen molar-refractivity contribution < 1.29 is 0 Å². The lowest BCUT2D eigenvalue weighted by Crippen LogP contribution is -1.94. The molecule has 0 aliphatic carbocycles. The van der Waals surface area contributed by atoms with Gasteiger partial charge in [-0.1, -0.05) is 30.3 Å². The molecule has 0 heterocycles. The first kappa shape index (κ1) is 8.92. The molecule has 1 aromatic rings. The van der Waals surface area contributed by atoms with Gasteiger partial charge < -0.3 is 5.73 Å². The minimum absolute atomic E-state index is 0.640. The fourth-order valence-corrected chi connectivity index (χ4v) is 0.614. The summed E-state index contributed by atoms with van der Waals surface area (Å²) in [5, 5.41) is 0. The molecule has 0 saturated carbocycles. The number of benzene rings is 1. The Kier molecular flexibility index (Phi) is 5.39. The Morgan fingerprint density at radius 2 is 1.60 bits per heavy atom. The van der Waals surface area contributed by atoms with Gasteiger partial charge in [0.05, 0.1) is 0 Å². The van der Waals surface area contributed by atoms with E-state index < -0.39 is 0 Å². The maximum Gasteiger partial charge on any atom is 0.0178 e. The number of rotatable bonds is 1. The molecule has 10 heavy (non-hydrogen) atoms. The van der Waals surface area contributed by atoms with Crippen LogP contribution in [0.25, 0.3) is 0 Å². The van der Waals surface area contributed by atoms with Crippen molar-refractivity contribution in [3.8, 4) is 0 Å². The first-order valence-electron chi connectivity index (χ1n) is 3.17. The summed E-state index contributed by atoms with van der Waals surface area (Å²) in [5.74, 6) is 0. The third kappa shape index (κ3) is 3.05. The zero-order chi connectivity index (χ0) is 7.82. The molecule has 0 aliphatic heterocycles. The van der Waals surface area contributed by atoms with Crippen LogP contribution >= 0.6 is 0 Å². The Balaban J connectivity index is 0.000000371. The lowest BCUT2D eigenvalue weighted by molar-refractivity contribution is 1.07. The van der Waals surface area contributed by atoms with Gasteiger partial charge in [0, 0.05) is 6.54 Å². The van der Waals surface area contributed by atoms with Crippen molar-refractivity contribution in [1.29, 1.82) is 0 Å². The van der Waals surface area contributed by atoms with Gasteiger partial charge >= 0.3 is 0 Å². The number of hydrogen-bond donors (Lipinski definition) is 1. The van der Waals surface area contributed by atoms with Gasteiger partial charge in [0.1, 0.15) is 0 Å². The maximum absolute atomic E-state index is 5.35. The molecule has 2 N–H and O–H groups in total. The Bertz CT molecular complexity index is 158. The van der Waals surface area contributed by atoms with E-state index in [1.54, 1.807) is 0 Å². The van der Waals surface area contributed by atoms with Crippen LogP contribution in [0, 0.1) is 0 Å². The zero-order valence-electron chi connectivity index (χ0n) is 6.09. The summed E-state index contributed by atoms with van der Waals surface area (Å²) in [7, 11) is 0. The molecule has 1 heteroatoms. The van der Waals surface area contributed by atoms with E-state index in [2.05, 4.69) is 13.2 Å². The molecule has 0 fully saturated rings. The third-order valence-corrected chi connectivity index (χ3v) is 1.08. The highest BCUT2D eigenvalue weighted by molar-refractivity contribution is 5.13. The second-order valence-corrected chi connectivity index (χ2v) is 1.69. The summed E-state index contributed by atoms with van der Waals surface area (Å²) in [4.78, 5) is 0. The van der Waals surface area contributed by atoms with Gasteiger partial charge in [0.2, 0.25) is 0 Å². The summed E-state index contributed by atoms with van der Waals surface area (Å²) in [5.41, 5.74) is 6.54. The van der Waals surface area contributed by atoms with Crippen LogP contribution in [-0.4, -0.2) is 0 Å². The first-order valence-corrected chi connectivity index (χ1v) is 3.17. The van der Waals surface area contributed by atoms with Gasteiger partial charge in [-0.2, -0.15) is 0 Å². The molecule has 0 bridgehead atoms. The van der Waals surface area contributed by atoms with Crippen LogP contribution in [0.1, 0.15) is 5.56 Å². The average Bonchev–Trinajstić information content (AvgIpc) is 2.10. The standard InChI is InChI=1S/C7H9N.C2H4/c8-6-7-4-2-1-3-5-7;1-2/h1-5H,6,8H2;1-2H2. The Morgan fingerprint density at radius 3 is 1.90 bits per heavy atom. The zero-order valence-corrected chi connectivity index (χ0v) is 6.09. The second kappa shape index (κ2) is 6.05. The van der Waals surface area contributed by atoms with E-state index in [-0.39, 0.29) is 0 Å². The minimum atomic E-state index is 0.640. The topological polar surface area (TPSA) is 26.0 Å². The van der Waals surface area contributed by atoms with E-state index in [1.165, 1.54) is 5.56 Å². The summed E-state index contributed by atoms with van der Waals surface area (Å²) < 4.78 is 0. The monoisotopic (exact) mass is 135 g/mol. The molecule has 1 nitrogen and oxygen atoms in total. The highest BCUT2D eigenvalue weighted by Gasteiger charge is 1.80. The van der Waals surface area contributed by atoms with Crippen LogP contribution in [-0.2, 0) is 6.54 Å². The van der Waals surface area contributed by atoms with E-state index in [4.69, 9.17) is 5.73 Å². The van der Waals surface area contributed by atoms with Crippen LogP contribution in [0.2, 0.25) is 0 Å². The SMILES string of the molecule is C=C.NCc1ccccc1. The Labute approximate surface area is 62.2 Å². The second-order valence-electron chi connectivity index (χ2n) is 1.69. The van der Waals surface area contributed by atoms with Crippen molar-refractivity contribution in [3.63, 3.8) is 0 Å². The first-order chi connectivity index (χ1) is 4.93. The van der Waals surface area contributed by atoms with E-state index >= 15 is 0 Å². The van der Waals surface area contributed by atoms with Crippen LogP contribution in [0.15, 0.2) is 43.5 Å². The van der Waals surface area contributed by atoms with Crippen molar-refractivity contribution >= 4 is 0 Å². The Morgan fingerprint density at radius 1 is 1.10 bits per heavy atom. The van der Waals surface area contributed by atoms with Gasteiger partial charge in [0.25, 0.3) is 0 Å². The Hall–Kier alpha value is -1.08. The van der Waals surface area contributed by atoms with Crippen molar-refractivity contribution in [3.05, 3.63) is 49.1 Å². The van der Waals surface area contributed by atoms with Crippen molar-refractivity contribution in [2.75, 3.05) is 0 Å². The van der Waals surface area contributed by atoms with Gasteiger partial charge in [-0.25, -0.2) is 0 Å².